The molecule has 1 aromatic rings. The molecular formula is C16H24FN. The second-order valence-corrected chi connectivity index (χ2v) is 6.15. The number of halogens is 1. The van der Waals surface area contributed by atoms with Crippen LogP contribution in [0.3, 0.4) is 0 Å². The molecule has 1 saturated carbocycles. The Balaban J connectivity index is 2.19. The maximum atomic E-state index is 13.1. The highest BCUT2D eigenvalue weighted by atomic mass is 19.1. The molecule has 0 bridgehead atoms. The molecule has 1 fully saturated rings. The third-order valence-electron chi connectivity index (χ3n) is 4.49. The second kappa shape index (κ2) is 5.40. The Morgan fingerprint density at radius 1 is 1.44 bits per heavy atom. The Labute approximate surface area is 110 Å². The van der Waals surface area contributed by atoms with Gasteiger partial charge >= 0.3 is 0 Å². The average Bonchev–Trinajstić information content (AvgIpc) is 2.33. The minimum Gasteiger partial charge on any atom is -0.330 e. The van der Waals surface area contributed by atoms with Crippen LogP contribution in [0.2, 0.25) is 0 Å². The van der Waals surface area contributed by atoms with Gasteiger partial charge in [0.05, 0.1) is 0 Å². The number of hydrogen-bond acceptors (Lipinski definition) is 1. The molecule has 2 N–H and O–H groups in total. The number of aryl methyl sites for hydroxylation is 1. The van der Waals surface area contributed by atoms with Crippen LogP contribution in [0.4, 0.5) is 4.39 Å². The van der Waals surface area contributed by atoms with Crippen molar-refractivity contribution in [2.45, 2.75) is 46.0 Å². The van der Waals surface area contributed by atoms with Crippen LogP contribution >= 0.6 is 0 Å². The molecule has 0 radical (unpaired) electrons. The minimum atomic E-state index is -0.143. The highest BCUT2D eigenvalue weighted by Crippen LogP contribution is 2.41. The Bertz CT molecular complexity index is 416. The molecule has 0 amide bonds. The van der Waals surface area contributed by atoms with Gasteiger partial charge < -0.3 is 5.73 Å². The molecule has 0 aliphatic heterocycles. The standard InChI is InChI=1S/C16H24FN/c1-12-4-3-7-16(9-12,11-18)10-14-5-6-15(17)8-13(14)2/h5-6,8,12H,3-4,7,9-11,18H2,1-2H3. The first-order valence-corrected chi connectivity index (χ1v) is 7.00. The van der Waals surface area contributed by atoms with E-state index in [0.717, 1.165) is 24.4 Å². The predicted molar refractivity (Wildman–Crippen MR) is 74.0 cm³/mol. The van der Waals surface area contributed by atoms with Crippen LogP contribution in [-0.2, 0) is 6.42 Å². The summed E-state index contributed by atoms with van der Waals surface area (Å²) in [5.41, 5.74) is 8.61. The SMILES string of the molecule is Cc1cc(F)ccc1CC1(CN)CCCC(C)C1. The summed E-state index contributed by atoms with van der Waals surface area (Å²) in [5, 5.41) is 0. The van der Waals surface area contributed by atoms with Crippen LogP contribution in [0.25, 0.3) is 0 Å². The van der Waals surface area contributed by atoms with Crippen molar-refractivity contribution in [2.24, 2.45) is 17.1 Å². The fourth-order valence-corrected chi connectivity index (χ4v) is 3.45. The van der Waals surface area contributed by atoms with Gasteiger partial charge in [0, 0.05) is 0 Å². The number of hydrogen-bond donors (Lipinski definition) is 1. The fraction of sp³-hybridized carbons (Fsp3) is 0.625. The van der Waals surface area contributed by atoms with Gasteiger partial charge in [-0.15, -0.1) is 0 Å². The van der Waals surface area contributed by atoms with Crippen molar-refractivity contribution in [1.82, 2.24) is 0 Å². The largest absolute Gasteiger partial charge is 0.330 e. The molecule has 1 aliphatic rings. The zero-order chi connectivity index (χ0) is 13.2. The quantitative estimate of drug-likeness (QED) is 0.865. The van der Waals surface area contributed by atoms with Gasteiger partial charge in [-0.2, -0.15) is 0 Å². The summed E-state index contributed by atoms with van der Waals surface area (Å²) in [7, 11) is 0. The van der Waals surface area contributed by atoms with E-state index in [1.807, 2.05) is 13.0 Å². The lowest BCUT2D eigenvalue weighted by Crippen LogP contribution is -2.37. The molecule has 2 rings (SSSR count). The topological polar surface area (TPSA) is 26.0 Å². The third kappa shape index (κ3) is 2.92. The lowest BCUT2D eigenvalue weighted by atomic mass is 9.67. The first-order chi connectivity index (χ1) is 8.54. The summed E-state index contributed by atoms with van der Waals surface area (Å²) in [6.45, 7) is 5.06. The van der Waals surface area contributed by atoms with E-state index < -0.39 is 0 Å². The maximum Gasteiger partial charge on any atom is 0.123 e. The van der Waals surface area contributed by atoms with Crippen LogP contribution < -0.4 is 5.73 Å². The van der Waals surface area contributed by atoms with E-state index in [0.29, 0.717) is 0 Å². The number of nitrogens with two attached hydrogens (primary N) is 1. The molecule has 0 heterocycles. The minimum absolute atomic E-state index is 0.143. The van der Waals surface area contributed by atoms with E-state index >= 15 is 0 Å². The van der Waals surface area contributed by atoms with Crippen LogP contribution in [0, 0.1) is 24.1 Å². The Morgan fingerprint density at radius 3 is 2.83 bits per heavy atom. The molecule has 0 saturated heterocycles. The molecule has 2 atom stereocenters. The highest BCUT2D eigenvalue weighted by Gasteiger charge is 2.34. The Hall–Kier alpha value is -0.890. The monoisotopic (exact) mass is 249 g/mol. The fourth-order valence-electron chi connectivity index (χ4n) is 3.45. The van der Waals surface area contributed by atoms with Crippen molar-refractivity contribution < 1.29 is 4.39 Å². The van der Waals surface area contributed by atoms with Gasteiger partial charge in [-0.3, -0.25) is 0 Å². The van der Waals surface area contributed by atoms with E-state index in [1.165, 1.54) is 31.2 Å². The molecule has 1 nitrogen and oxygen atoms in total. The number of rotatable bonds is 3. The van der Waals surface area contributed by atoms with E-state index in [4.69, 9.17) is 5.73 Å². The third-order valence-corrected chi connectivity index (χ3v) is 4.49. The molecule has 2 unspecified atom stereocenters. The molecule has 0 spiro atoms. The van der Waals surface area contributed by atoms with Crippen molar-refractivity contribution in [3.63, 3.8) is 0 Å². The zero-order valence-corrected chi connectivity index (χ0v) is 11.5. The summed E-state index contributed by atoms with van der Waals surface area (Å²) in [6.07, 6.45) is 6.02. The molecule has 1 aromatic carbocycles. The summed E-state index contributed by atoms with van der Waals surface area (Å²) >= 11 is 0. The summed E-state index contributed by atoms with van der Waals surface area (Å²) in [5.74, 6) is 0.623. The lowest BCUT2D eigenvalue weighted by molar-refractivity contribution is 0.153. The molecule has 2 heteroatoms. The van der Waals surface area contributed by atoms with Gasteiger partial charge in [0.2, 0.25) is 0 Å². The van der Waals surface area contributed by atoms with E-state index in [2.05, 4.69) is 6.92 Å². The molecule has 18 heavy (non-hydrogen) atoms. The van der Waals surface area contributed by atoms with Crippen molar-refractivity contribution in [1.29, 1.82) is 0 Å². The van der Waals surface area contributed by atoms with Crippen molar-refractivity contribution in [2.75, 3.05) is 6.54 Å². The van der Waals surface area contributed by atoms with E-state index in [9.17, 15) is 4.39 Å². The van der Waals surface area contributed by atoms with Gasteiger partial charge in [0.15, 0.2) is 0 Å². The van der Waals surface area contributed by atoms with Crippen molar-refractivity contribution in [3.8, 4) is 0 Å². The van der Waals surface area contributed by atoms with Gasteiger partial charge in [-0.05, 0) is 67.3 Å². The van der Waals surface area contributed by atoms with Crippen LogP contribution in [0.5, 0.6) is 0 Å². The summed E-state index contributed by atoms with van der Waals surface area (Å²) < 4.78 is 13.1. The van der Waals surface area contributed by atoms with Gasteiger partial charge in [-0.25, -0.2) is 4.39 Å². The molecular weight excluding hydrogens is 225 g/mol. The normalized spacial score (nSPS) is 28.3. The Morgan fingerprint density at radius 2 is 2.22 bits per heavy atom. The summed E-state index contributed by atoms with van der Waals surface area (Å²) in [4.78, 5) is 0. The average molecular weight is 249 g/mol. The smallest absolute Gasteiger partial charge is 0.123 e. The van der Waals surface area contributed by atoms with Crippen LogP contribution in [0.15, 0.2) is 18.2 Å². The van der Waals surface area contributed by atoms with E-state index in [1.54, 1.807) is 12.1 Å². The second-order valence-electron chi connectivity index (χ2n) is 6.15. The van der Waals surface area contributed by atoms with Crippen LogP contribution in [-0.4, -0.2) is 6.54 Å². The summed E-state index contributed by atoms with van der Waals surface area (Å²) in [6, 6.07) is 5.13. The van der Waals surface area contributed by atoms with Gasteiger partial charge in [-0.1, -0.05) is 25.8 Å². The highest BCUT2D eigenvalue weighted by molar-refractivity contribution is 5.28. The number of benzene rings is 1. The molecule has 0 aromatic heterocycles. The Kier molecular flexibility index (Phi) is 4.06. The van der Waals surface area contributed by atoms with Crippen molar-refractivity contribution >= 4 is 0 Å². The molecule has 1 aliphatic carbocycles. The maximum absolute atomic E-state index is 13.1. The predicted octanol–water partition coefficient (Wildman–Crippen LogP) is 3.83. The van der Waals surface area contributed by atoms with Gasteiger partial charge in [0.25, 0.3) is 0 Å². The first-order valence-electron chi connectivity index (χ1n) is 7.00. The first kappa shape index (κ1) is 13.5. The van der Waals surface area contributed by atoms with E-state index in [-0.39, 0.29) is 11.2 Å². The zero-order valence-electron chi connectivity index (χ0n) is 11.5. The molecule has 100 valence electrons. The van der Waals surface area contributed by atoms with Crippen LogP contribution in [0.1, 0.15) is 43.7 Å². The lowest BCUT2D eigenvalue weighted by Gasteiger charge is -2.39. The van der Waals surface area contributed by atoms with Gasteiger partial charge in [0.1, 0.15) is 5.82 Å². The van der Waals surface area contributed by atoms with Crippen molar-refractivity contribution in [3.05, 3.63) is 35.1 Å².